The average Bonchev–Trinajstić information content (AvgIpc) is 3.33. The quantitative estimate of drug-likeness (QED) is 0.610. The van der Waals surface area contributed by atoms with Crippen LogP contribution < -0.4 is 5.32 Å². The van der Waals surface area contributed by atoms with E-state index in [1.807, 2.05) is 12.1 Å². The number of fused-ring (bicyclic) bond motifs is 1. The van der Waals surface area contributed by atoms with Crippen LogP contribution in [0.4, 0.5) is 5.82 Å². The number of benzene rings is 1. The van der Waals surface area contributed by atoms with Crippen LogP contribution in [0.5, 0.6) is 0 Å². The Balaban J connectivity index is 1.69. The Bertz CT molecular complexity index is 1000. The first kappa shape index (κ1) is 14.6. The van der Waals surface area contributed by atoms with Crippen LogP contribution in [0, 0.1) is 0 Å². The summed E-state index contributed by atoms with van der Waals surface area (Å²) in [6.45, 7) is 2.94. The lowest BCUT2D eigenvalue weighted by Gasteiger charge is -2.05. The van der Waals surface area contributed by atoms with E-state index in [1.165, 1.54) is 23.1 Å². The first-order valence-corrected chi connectivity index (χ1v) is 8.40. The minimum atomic E-state index is -0.300. The molecule has 4 aromatic rings. The summed E-state index contributed by atoms with van der Waals surface area (Å²) in [6, 6.07) is 11.9. The number of carbonyl (C=O) groups is 1. The van der Waals surface area contributed by atoms with Crippen molar-refractivity contribution in [3.8, 4) is 10.7 Å². The van der Waals surface area contributed by atoms with E-state index in [-0.39, 0.29) is 5.91 Å². The maximum atomic E-state index is 12.2. The molecule has 7 heteroatoms. The van der Waals surface area contributed by atoms with Crippen LogP contribution in [0.3, 0.4) is 0 Å². The number of carbonyl (C=O) groups excluding carboxylic acids is 1. The molecule has 0 aliphatic heterocycles. The number of hydrogen-bond acceptors (Lipinski definition) is 5. The van der Waals surface area contributed by atoms with Gasteiger partial charge in [0.1, 0.15) is 17.0 Å². The van der Waals surface area contributed by atoms with E-state index in [9.17, 15) is 4.79 Å². The molecule has 0 aliphatic rings. The van der Waals surface area contributed by atoms with Crippen LogP contribution >= 0.6 is 11.3 Å². The highest BCUT2D eigenvalue weighted by molar-refractivity contribution is 7.13. The Morgan fingerprint density at radius 1 is 1.33 bits per heavy atom. The Morgan fingerprint density at radius 2 is 2.21 bits per heavy atom. The molecule has 0 aliphatic carbocycles. The van der Waals surface area contributed by atoms with Gasteiger partial charge in [-0.15, -0.1) is 11.3 Å². The molecule has 0 bridgehead atoms. The normalized spacial score (nSPS) is 11.0. The topological polar surface area (TPSA) is 73.0 Å². The van der Waals surface area contributed by atoms with Crippen molar-refractivity contribution in [2.45, 2.75) is 13.5 Å². The van der Waals surface area contributed by atoms with Gasteiger partial charge in [0.2, 0.25) is 0 Å². The van der Waals surface area contributed by atoms with Crippen LogP contribution in [-0.2, 0) is 6.54 Å². The van der Waals surface area contributed by atoms with Crippen LogP contribution in [-0.4, -0.2) is 20.6 Å². The highest BCUT2D eigenvalue weighted by Crippen LogP contribution is 2.30. The molecule has 120 valence electrons. The van der Waals surface area contributed by atoms with Gasteiger partial charge in [-0.3, -0.25) is 4.79 Å². The predicted molar refractivity (Wildman–Crippen MR) is 93.2 cm³/mol. The molecule has 6 nitrogen and oxygen atoms in total. The summed E-state index contributed by atoms with van der Waals surface area (Å²) in [5.74, 6) is 0.0720. The molecule has 1 amide bonds. The average molecular weight is 338 g/mol. The second-order valence-electron chi connectivity index (χ2n) is 5.21. The fourth-order valence-corrected chi connectivity index (χ4v) is 3.51. The van der Waals surface area contributed by atoms with E-state index in [4.69, 9.17) is 4.52 Å². The third kappa shape index (κ3) is 2.48. The molecule has 0 saturated heterocycles. The molecule has 0 saturated carbocycles. The van der Waals surface area contributed by atoms with Crippen molar-refractivity contribution in [1.82, 2.24) is 14.7 Å². The SMILES string of the molecule is CCn1c(-c2nc(C(=O)Nc3ccon3)cs2)cc2ccccc21. The monoisotopic (exact) mass is 338 g/mol. The van der Waals surface area contributed by atoms with Gasteiger partial charge in [0.25, 0.3) is 5.91 Å². The Kier molecular flexibility index (Phi) is 3.62. The summed E-state index contributed by atoms with van der Waals surface area (Å²) in [7, 11) is 0. The Morgan fingerprint density at radius 3 is 3.00 bits per heavy atom. The van der Waals surface area contributed by atoms with Gasteiger partial charge in [-0.2, -0.15) is 0 Å². The molecule has 0 fully saturated rings. The number of nitrogens with zero attached hydrogens (tertiary/aromatic N) is 3. The number of rotatable bonds is 4. The summed E-state index contributed by atoms with van der Waals surface area (Å²) in [4.78, 5) is 16.7. The van der Waals surface area contributed by atoms with Gasteiger partial charge in [-0.05, 0) is 19.1 Å². The van der Waals surface area contributed by atoms with Crippen LogP contribution in [0.1, 0.15) is 17.4 Å². The summed E-state index contributed by atoms with van der Waals surface area (Å²) in [5, 5.41) is 10.1. The highest BCUT2D eigenvalue weighted by atomic mass is 32.1. The maximum Gasteiger partial charge on any atom is 0.276 e. The number of hydrogen-bond donors (Lipinski definition) is 1. The van der Waals surface area contributed by atoms with Gasteiger partial charge in [-0.1, -0.05) is 23.4 Å². The van der Waals surface area contributed by atoms with Crippen molar-refractivity contribution in [3.05, 3.63) is 53.7 Å². The van der Waals surface area contributed by atoms with Gasteiger partial charge in [0.05, 0.1) is 5.69 Å². The van der Waals surface area contributed by atoms with E-state index in [0.29, 0.717) is 11.5 Å². The zero-order valence-electron chi connectivity index (χ0n) is 12.9. The third-order valence-corrected chi connectivity index (χ3v) is 4.63. The van der Waals surface area contributed by atoms with Crippen molar-refractivity contribution in [2.24, 2.45) is 0 Å². The lowest BCUT2D eigenvalue weighted by atomic mass is 10.2. The van der Waals surface area contributed by atoms with Crippen molar-refractivity contribution in [2.75, 3.05) is 5.32 Å². The van der Waals surface area contributed by atoms with E-state index < -0.39 is 0 Å². The van der Waals surface area contributed by atoms with Gasteiger partial charge in [0, 0.05) is 28.9 Å². The number of thiazole rings is 1. The molecule has 24 heavy (non-hydrogen) atoms. The number of aromatic nitrogens is 3. The molecule has 0 radical (unpaired) electrons. The standard InChI is InChI=1S/C17H14N4O2S/c1-2-21-13-6-4-3-5-11(13)9-14(21)17-18-12(10-24-17)16(22)19-15-7-8-23-20-15/h3-10H,2H2,1H3,(H,19,20,22). The summed E-state index contributed by atoms with van der Waals surface area (Å²) in [6.07, 6.45) is 1.40. The summed E-state index contributed by atoms with van der Waals surface area (Å²) >= 11 is 1.45. The summed E-state index contributed by atoms with van der Waals surface area (Å²) in [5.41, 5.74) is 2.55. The second kappa shape index (κ2) is 5.93. The molecule has 3 heterocycles. The van der Waals surface area contributed by atoms with E-state index in [1.54, 1.807) is 11.4 Å². The molecule has 0 atom stereocenters. The number of anilines is 1. The number of nitrogens with one attached hydrogen (secondary N) is 1. The van der Waals surface area contributed by atoms with Crippen LogP contribution in [0.15, 0.2) is 52.6 Å². The first-order chi connectivity index (χ1) is 11.8. The summed E-state index contributed by atoms with van der Waals surface area (Å²) < 4.78 is 6.91. The number of aryl methyl sites for hydroxylation is 1. The van der Waals surface area contributed by atoms with Crippen LogP contribution in [0.2, 0.25) is 0 Å². The largest absolute Gasteiger partial charge is 0.363 e. The van der Waals surface area contributed by atoms with Gasteiger partial charge in [-0.25, -0.2) is 4.98 Å². The Hall–Kier alpha value is -2.93. The van der Waals surface area contributed by atoms with Crippen molar-refractivity contribution >= 4 is 34.0 Å². The van der Waals surface area contributed by atoms with Crippen molar-refractivity contribution in [1.29, 1.82) is 0 Å². The molecular weight excluding hydrogens is 324 g/mol. The van der Waals surface area contributed by atoms with E-state index in [0.717, 1.165) is 22.6 Å². The smallest absolute Gasteiger partial charge is 0.276 e. The molecule has 3 aromatic heterocycles. The Labute approximate surface area is 141 Å². The molecule has 0 unspecified atom stereocenters. The first-order valence-electron chi connectivity index (χ1n) is 7.52. The predicted octanol–water partition coefficient (Wildman–Crippen LogP) is 4.03. The van der Waals surface area contributed by atoms with Crippen molar-refractivity contribution < 1.29 is 9.32 Å². The van der Waals surface area contributed by atoms with Crippen molar-refractivity contribution in [3.63, 3.8) is 0 Å². The molecule has 1 N–H and O–H groups in total. The minimum Gasteiger partial charge on any atom is -0.363 e. The maximum absolute atomic E-state index is 12.2. The molecule has 4 rings (SSSR count). The van der Waals surface area contributed by atoms with E-state index >= 15 is 0 Å². The highest BCUT2D eigenvalue weighted by Gasteiger charge is 2.16. The molecular formula is C17H14N4O2S. The zero-order chi connectivity index (χ0) is 16.5. The van der Waals surface area contributed by atoms with Gasteiger partial charge < -0.3 is 14.4 Å². The number of para-hydroxylation sites is 1. The number of amides is 1. The second-order valence-corrected chi connectivity index (χ2v) is 6.07. The van der Waals surface area contributed by atoms with Gasteiger partial charge in [0.15, 0.2) is 5.82 Å². The zero-order valence-corrected chi connectivity index (χ0v) is 13.7. The molecule has 1 aromatic carbocycles. The minimum absolute atomic E-state index is 0.300. The van der Waals surface area contributed by atoms with E-state index in [2.05, 4.69) is 45.1 Å². The molecule has 0 spiro atoms. The lowest BCUT2D eigenvalue weighted by molar-refractivity contribution is 0.102. The van der Waals surface area contributed by atoms with Crippen LogP contribution in [0.25, 0.3) is 21.6 Å². The van der Waals surface area contributed by atoms with Gasteiger partial charge >= 0.3 is 0 Å². The lowest BCUT2D eigenvalue weighted by Crippen LogP contribution is -2.12. The third-order valence-electron chi connectivity index (χ3n) is 3.76. The fourth-order valence-electron chi connectivity index (χ4n) is 2.68. The fraction of sp³-hybridized carbons (Fsp3) is 0.118.